The van der Waals surface area contributed by atoms with Crippen LogP contribution in [0.25, 0.3) is 58.8 Å². The van der Waals surface area contributed by atoms with Gasteiger partial charge in [0.1, 0.15) is 0 Å². The van der Waals surface area contributed by atoms with Crippen molar-refractivity contribution < 1.29 is 0 Å². The third-order valence-electron chi connectivity index (χ3n) is 19.3. The smallest absolute Gasteiger partial charge is 0.252 e. The Balaban J connectivity index is 1.03. The van der Waals surface area contributed by atoms with Crippen molar-refractivity contribution >= 4 is 128 Å². The molecule has 0 atom stereocenters. The maximum absolute atomic E-state index is 11.5. The number of nitrogens with zero attached hydrogens (tertiary/aromatic N) is 5. The molecule has 12 aromatic rings. The van der Waals surface area contributed by atoms with Gasteiger partial charge in [-0.25, -0.2) is 0 Å². The molecule has 0 spiro atoms. The van der Waals surface area contributed by atoms with Gasteiger partial charge in [0.2, 0.25) is 0 Å². The summed E-state index contributed by atoms with van der Waals surface area (Å²) < 4.78 is 5.17. The van der Waals surface area contributed by atoms with Crippen LogP contribution in [0.4, 0.5) is 51.2 Å². The van der Waals surface area contributed by atoms with Gasteiger partial charge in [-0.05, 0) is 186 Å². The lowest BCUT2D eigenvalue weighted by Gasteiger charge is -2.47. The maximum atomic E-state index is 11.5. The van der Waals surface area contributed by atoms with Crippen LogP contribution in [0.5, 0.6) is 0 Å². The normalized spacial score (nSPS) is 13.8. The highest BCUT2D eigenvalue weighted by Crippen LogP contribution is 2.55. The molecule has 3 aliphatic heterocycles. The first-order valence-electron chi connectivity index (χ1n) is 31.4. The van der Waals surface area contributed by atoms with Crippen molar-refractivity contribution in [2.45, 2.75) is 131 Å². The van der Waals surface area contributed by atoms with Crippen LogP contribution in [0.2, 0.25) is 0 Å². The van der Waals surface area contributed by atoms with E-state index in [4.69, 9.17) is 0 Å². The third-order valence-corrected chi connectivity index (χ3v) is 20.4. The van der Waals surface area contributed by atoms with E-state index in [-0.39, 0.29) is 33.8 Å². The molecule has 0 unspecified atom stereocenters. The van der Waals surface area contributed by atoms with Crippen molar-refractivity contribution in [2.24, 2.45) is 0 Å². The Labute approximate surface area is 524 Å². The molecular weight excluding hydrogens is 1090 g/mol. The fraction of sp³-hybridized carbons (Fsp3) is 0.247. The van der Waals surface area contributed by atoms with Gasteiger partial charge in [0.05, 0.1) is 39.7 Å². The molecule has 0 amide bonds. The second-order valence-electron chi connectivity index (χ2n) is 30.3. The summed E-state index contributed by atoms with van der Waals surface area (Å²) in [6, 6.07) is 74.6. The number of nitriles is 1. The van der Waals surface area contributed by atoms with Gasteiger partial charge in [-0.2, -0.15) is 5.26 Å². The van der Waals surface area contributed by atoms with E-state index in [9.17, 15) is 5.26 Å². The molecule has 0 N–H and O–H groups in total. The van der Waals surface area contributed by atoms with Crippen LogP contribution in [0.1, 0.15) is 137 Å². The SMILES string of the molecule is CC(C)(C)c1ccc(N(c2ccc(C(C)(C)C)cc2)c2ccc3c(c2)N(c2ccc(-c4cccc5sc6ccccc6c45)cc2)c2cc(C#N)cc4c2B3c2cc(C(C)(C)C)cc3c2N4c2cc(C(C)(C)C)cc4c5cc(C(C)(C)C)ccc5n-3c24)cc1. The summed E-state index contributed by atoms with van der Waals surface area (Å²) in [7, 11) is 0. The molecule has 0 saturated heterocycles. The minimum Gasteiger partial charge on any atom is -0.311 e. The van der Waals surface area contributed by atoms with Crippen LogP contribution in [0.3, 0.4) is 0 Å². The Bertz CT molecular complexity index is 4880. The van der Waals surface area contributed by atoms with Gasteiger partial charge < -0.3 is 19.3 Å². The van der Waals surface area contributed by atoms with Crippen LogP contribution in [0, 0.1) is 11.3 Å². The summed E-state index contributed by atoms with van der Waals surface area (Å²) in [6.07, 6.45) is 0. The van der Waals surface area contributed by atoms with E-state index in [1.54, 1.807) is 0 Å². The number of fused-ring (bicyclic) bond motifs is 12. The average Bonchev–Trinajstić information content (AvgIpc) is 1.16. The lowest BCUT2D eigenvalue weighted by Crippen LogP contribution is -2.62. The van der Waals surface area contributed by atoms with Crippen molar-refractivity contribution in [3.05, 3.63) is 221 Å². The van der Waals surface area contributed by atoms with E-state index >= 15 is 0 Å². The number of hydrogen-bond donors (Lipinski definition) is 0. The summed E-state index contributed by atoms with van der Waals surface area (Å²) in [4.78, 5) is 7.49. The number of thiophene rings is 1. The molecular formula is C81H76BN5S. The van der Waals surface area contributed by atoms with Gasteiger partial charge in [0, 0.05) is 70.8 Å². The lowest BCUT2D eigenvalue weighted by atomic mass is 9.33. The summed E-state index contributed by atoms with van der Waals surface area (Å²) >= 11 is 1.86. The Morgan fingerprint density at radius 2 is 0.977 bits per heavy atom. The van der Waals surface area contributed by atoms with E-state index in [0.717, 1.165) is 51.1 Å². The van der Waals surface area contributed by atoms with Crippen LogP contribution in [-0.2, 0) is 27.1 Å². The molecule has 10 aromatic carbocycles. The minimum absolute atomic E-state index is 0.00954. The van der Waals surface area contributed by atoms with E-state index in [2.05, 4.69) is 317 Å². The van der Waals surface area contributed by atoms with Crippen molar-refractivity contribution in [1.82, 2.24) is 4.57 Å². The number of rotatable bonds is 5. The molecule has 88 heavy (non-hydrogen) atoms. The molecule has 2 aromatic heterocycles. The van der Waals surface area contributed by atoms with Crippen LogP contribution < -0.4 is 31.1 Å². The van der Waals surface area contributed by atoms with Gasteiger partial charge in [0.15, 0.2) is 0 Å². The fourth-order valence-electron chi connectivity index (χ4n) is 14.3. The number of aromatic nitrogens is 1. The zero-order valence-corrected chi connectivity index (χ0v) is 54.4. The largest absolute Gasteiger partial charge is 0.311 e. The third kappa shape index (κ3) is 8.60. The molecule has 7 heteroatoms. The molecule has 0 aliphatic carbocycles. The molecule has 0 saturated carbocycles. The first-order valence-corrected chi connectivity index (χ1v) is 32.2. The maximum Gasteiger partial charge on any atom is 0.252 e. The molecule has 5 heterocycles. The first kappa shape index (κ1) is 55.7. The van der Waals surface area contributed by atoms with Crippen molar-refractivity contribution in [2.75, 3.05) is 14.7 Å². The monoisotopic (exact) mass is 1160 g/mol. The first-order chi connectivity index (χ1) is 41.7. The lowest BCUT2D eigenvalue weighted by molar-refractivity contribution is 0.590. The summed E-state index contributed by atoms with van der Waals surface area (Å²) in [5.74, 6) is 0. The predicted molar refractivity (Wildman–Crippen MR) is 380 cm³/mol. The van der Waals surface area contributed by atoms with Gasteiger partial charge in [0.25, 0.3) is 6.71 Å². The second kappa shape index (κ2) is 19.1. The molecule has 434 valence electrons. The van der Waals surface area contributed by atoms with Crippen LogP contribution in [0.15, 0.2) is 188 Å². The zero-order chi connectivity index (χ0) is 61.5. The summed E-state index contributed by atoms with van der Waals surface area (Å²) in [5, 5.41) is 16.6. The molecule has 0 radical (unpaired) electrons. The predicted octanol–water partition coefficient (Wildman–Crippen LogP) is 21.0. The number of anilines is 9. The quantitative estimate of drug-likeness (QED) is 0.161. The second-order valence-corrected chi connectivity index (χ2v) is 31.4. The number of benzene rings is 10. The molecule has 15 rings (SSSR count). The molecule has 0 fully saturated rings. The molecule has 0 bridgehead atoms. The van der Waals surface area contributed by atoms with Crippen LogP contribution in [-0.4, -0.2) is 11.3 Å². The summed E-state index contributed by atoms with van der Waals surface area (Å²) in [5.41, 5.74) is 26.0. The average molecular weight is 1160 g/mol. The highest BCUT2D eigenvalue weighted by molar-refractivity contribution is 7.26. The van der Waals surface area contributed by atoms with Gasteiger partial charge >= 0.3 is 0 Å². The van der Waals surface area contributed by atoms with E-state index in [0.29, 0.717) is 5.56 Å². The highest BCUT2D eigenvalue weighted by Gasteiger charge is 2.48. The molecule has 5 nitrogen and oxygen atoms in total. The Morgan fingerprint density at radius 1 is 0.420 bits per heavy atom. The van der Waals surface area contributed by atoms with E-state index < -0.39 is 0 Å². The van der Waals surface area contributed by atoms with E-state index in [1.807, 2.05) is 11.3 Å². The Hall–Kier alpha value is -8.83. The summed E-state index contributed by atoms with van der Waals surface area (Å²) in [6.45, 7) is 34.5. The Kier molecular flexibility index (Phi) is 12.1. The topological polar surface area (TPSA) is 38.4 Å². The highest BCUT2D eigenvalue weighted by atomic mass is 32.1. The van der Waals surface area contributed by atoms with Crippen molar-refractivity contribution in [3.8, 4) is 22.9 Å². The fourth-order valence-corrected chi connectivity index (χ4v) is 15.5. The zero-order valence-electron chi connectivity index (χ0n) is 53.6. The van der Waals surface area contributed by atoms with Crippen molar-refractivity contribution in [3.63, 3.8) is 0 Å². The number of hydrogen-bond acceptors (Lipinski definition) is 5. The minimum atomic E-state index is -0.197. The standard InChI is InChI=1S/C81H76BN5S/c1-77(2,3)50-25-32-55(33-26-50)84(56-34-27-51(28-35-56)78(4,5)6)58-36-37-63-66(46-58)85(57-30-23-49(24-31-57)59-20-18-22-72-73(59)60-19-16-17-21-71(60)88-72)67-39-48(47-83)40-68-74(67)82(63)64-43-54(81(13,14)15)45-70-76(64)87(68)69-44-53(80(10,11)12)42-62-61-41-52(79(7,8)9)29-38-65(61)86(70)75(62)69/h16-46H,1-15H3. The van der Waals surface area contributed by atoms with Gasteiger partial charge in [-0.15, -0.1) is 11.3 Å². The molecule has 3 aliphatic rings. The van der Waals surface area contributed by atoms with Gasteiger partial charge in [-0.3, -0.25) is 0 Å². The Morgan fingerprint density at radius 3 is 1.60 bits per heavy atom. The van der Waals surface area contributed by atoms with Crippen LogP contribution >= 0.6 is 11.3 Å². The van der Waals surface area contributed by atoms with Crippen molar-refractivity contribution in [1.29, 1.82) is 5.26 Å². The van der Waals surface area contributed by atoms with E-state index in [1.165, 1.54) is 103 Å². The van der Waals surface area contributed by atoms with Gasteiger partial charge in [-0.1, -0.05) is 189 Å².